The van der Waals surface area contributed by atoms with Gasteiger partial charge in [-0.3, -0.25) is 4.90 Å². The molecule has 1 unspecified atom stereocenters. The van der Waals surface area contributed by atoms with Crippen molar-refractivity contribution in [1.29, 1.82) is 0 Å². The average molecular weight is 300 g/mol. The maximum atomic E-state index is 10.3. The molecule has 2 saturated heterocycles. The Morgan fingerprint density at radius 1 is 1.27 bits per heavy atom. The average Bonchev–Trinajstić information content (AvgIpc) is 3.00. The van der Waals surface area contributed by atoms with Gasteiger partial charge in [-0.2, -0.15) is 0 Å². The molecule has 22 heavy (non-hydrogen) atoms. The molecule has 0 aliphatic carbocycles. The number of fused-ring (bicyclic) bond motifs is 1. The summed E-state index contributed by atoms with van der Waals surface area (Å²) in [6.45, 7) is 3.79. The number of hydrogen-bond acceptors (Lipinski definition) is 3. The quantitative estimate of drug-likeness (QED) is 0.896. The maximum absolute atomic E-state index is 10.3. The molecule has 4 nitrogen and oxygen atoms in total. The Hall–Kier alpha value is -1.36. The fraction of sp³-hybridized carbons (Fsp3) is 0.556. The molecule has 118 valence electrons. The van der Waals surface area contributed by atoms with Crippen LogP contribution in [0.4, 0.5) is 0 Å². The van der Waals surface area contributed by atoms with Crippen LogP contribution in [0.3, 0.4) is 0 Å². The Morgan fingerprint density at radius 2 is 2.14 bits per heavy atom. The molecule has 2 aromatic rings. The Balaban J connectivity index is 1.41. The third-order valence-corrected chi connectivity index (χ3v) is 5.35. The molecule has 1 spiro atoms. The number of nitrogens with one attached hydrogen (secondary N) is 1. The molecule has 1 atom stereocenters. The Labute approximate surface area is 131 Å². The smallest absolute Gasteiger partial charge is 0.0964 e. The van der Waals surface area contributed by atoms with E-state index >= 15 is 0 Å². The Morgan fingerprint density at radius 3 is 2.95 bits per heavy atom. The van der Waals surface area contributed by atoms with Gasteiger partial charge in [-0.25, -0.2) is 0 Å². The van der Waals surface area contributed by atoms with Crippen molar-refractivity contribution in [3.63, 3.8) is 0 Å². The Bertz CT molecular complexity index is 643. The minimum absolute atomic E-state index is 0.265. The minimum Gasteiger partial charge on any atom is -0.390 e. The number of aromatic nitrogens is 1. The number of piperidine rings is 1. The van der Waals surface area contributed by atoms with Gasteiger partial charge in [-0.1, -0.05) is 6.07 Å². The molecule has 2 aliphatic heterocycles. The number of hydrogen-bond donors (Lipinski definition) is 2. The van der Waals surface area contributed by atoms with Gasteiger partial charge in [0.25, 0.3) is 0 Å². The second-order valence-corrected chi connectivity index (χ2v) is 6.75. The van der Waals surface area contributed by atoms with E-state index in [-0.39, 0.29) is 11.7 Å². The zero-order valence-corrected chi connectivity index (χ0v) is 12.9. The normalized spacial score (nSPS) is 25.8. The van der Waals surface area contributed by atoms with E-state index in [1.807, 2.05) is 6.20 Å². The van der Waals surface area contributed by atoms with Crippen LogP contribution in [0.5, 0.6) is 0 Å². The fourth-order valence-electron chi connectivity index (χ4n) is 3.94. The number of aliphatic hydroxyl groups excluding tert-OH is 1. The van der Waals surface area contributed by atoms with Crippen LogP contribution >= 0.6 is 0 Å². The van der Waals surface area contributed by atoms with Gasteiger partial charge >= 0.3 is 0 Å². The van der Waals surface area contributed by atoms with E-state index in [1.165, 1.54) is 16.5 Å². The van der Waals surface area contributed by atoms with Crippen LogP contribution in [0.1, 0.15) is 31.2 Å². The topological polar surface area (TPSA) is 48.5 Å². The second-order valence-electron chi connectivity index (χ2n) is 6.75. The minimum atomic E-state index is -0.278. The monoisotopic (exact) mass is 300 g/mol. The van der Waals surface area contributed by atoms with Crippen LogP contribution in [0, 0.1) is 0 Å². The molecule has 0 saturated carbocycles. The van der Waals surface area contributed by atoms with Crippen molar-refractivity contribution in [2.24, 2.45) is 0 Å². The van der Waals surface area contributed by atoms with Gasteiger partial charge < -0.3 is 14.8 Å². The fourth-order valence-corrected chi connectivity index (χ4v) is 3.94. The highest BCUT2D eigenvalue weighted by molar-refractivity contribution is 5.79. The van der Waals surface area contributed by atoms with E-state index in [0.29, 0.717) is 0 Å². The van der Waals surface area contributed by atoms with Gasteiger partial charge in [0.1, 0.15) is 0 Å². The molecular formula is C18H24N2O2. The van der Waals surface area contributed by atoms with Crippen molar-refractivity contribution in [1.82, 2.24) is 9.88 Å². The number of rotatable bonds is 2. The van der Waals surface area contributed by atoms with E-state index in [4.69, 9.17) is 4.74 Å². The van der Waals surface area contributed by atoms with Gasteiger partial charge in [0.05, 0.1) is 11.7 Å². The molecule has 1 aromatic carbocycles. The summed E-state index contributed by atoms with van der Waals surface area (Å²) in [5, 5.41) is 11.6. The van der Waals surface area contributed by atoms with Gasteiger partial charge in [0.2, 0.25) is 0 Å². The molecule has 2 aliphatic rings. The number of ether oxygens (including phenoxy) is 1. The van der Waals surface area contributed by atoms with Crippen LogP contribution in [-0.4, -0.2) is 46.4 Å². The molecule has 4 rings (SSSR count). The third kappa shape index (κ3) is 2.56. The summed E-state index contributed by atoms with van der Waals surface area (Å²) in [5.74, 6) is 0. The summed E-state index contributed by atoms with van der Waals surface area (Å²) in [7, 11) is 0. The first kappa shape index (κ1) is 14.2. The van der Waals surface area contributed by atoms with Gasteiger partial charge in [-0.05, 0) is 54.8 Å². The second kappa shape index (κ2) is 5.69. The largest absolute Gasteiger partial charge is 0.390 e. The highest BCUT2D eigenvalue weighted by Crippen LogP contribution is 2.35. The molecule has 2 fully saturated rings. The van der Waals surface area contributed by atoms with Crippen LogP contribution in [-0.2, 0) is 11.3 Å². The number of H-pyrrole nitrogens is 1. The van der Waals surface area contributed by atoms with E-state index in [1.54, 1.807) is 0 Å². The van der Waals surface area contributed by atoms with Crippen molar-refractivity contribution in [3.05, 3.63) is 36.0 Å². The predicted octanol–water partition coefficient (Wildman–Crippen LogP) is 2.67. The molecule has 0 bridgehead atoms. The summed E-state index contributed by atoms with van der Waals surface area (Å²) < 4.78 is 5.98. The maximum Gasteiger partial charge on any atom is 0.0964 e. The summed E-state index contributed by atoms with van der Waals surface area (Å²) in [6, 6.07) is 8.75. The third-order valence-electron chi connectivity index (χ3n) is 5.35. The number of aliphatic hydroxyl groups is 1. The highest BCUT2D eigenvalue weighted by Gasteiger charge is 2.43. The van der Waals surface area contributed by atoms with Gasteiger partial charge in [0.15, 0.2) is 0 Å². The molecular weight excluding hydrogens is 276 g/mol. The first-order valence-corrected chi connectivity index (χ1v) is 8.36. The predicted molar refractivity (Wildman–Crippen MR) is 86.7 cm³/mol. The number of nitrogens with zero attached hydrogens (tertiary/aromatic N) is 1. The van der Waals surface area contributed by atoms with Crippen molar-refractivity contribution in [3.8, 4) is 0 Å². The van der Waals surface area contributed by atoms with E-state index in [9.17, 15) is 5.11 Å². The Kier molecular flexibility index (Phi) is 3.68. The number of benzene rings is 1. The molecule has 3 heterocycles. The van der Waals surface area contributed by atoms with Gasteiger partial charge in [0, 0.05) is 38.0 Å². The zero-order chi connectivity index (χ0) is 15.0. The molecule has 2 N–H and O–H groups in total. The first-order valence-electron chi connectivity index (χ1n) is 8.36. The molecule has 0 amide bonds. The SMILES string of the molecule is OC1CCCOC12CCN(Cc1ccc3[nH]ccc3c1)CC2. The summed E-state index contributed by atoms with van der Waals surface area (Å²) in [4.78, 5) is 5.71. The van der Waals surface area contributed by atoms with Crippen LogP contribution < -0.4 is 0 Å². The van der Waals surface area contributed by atoms with Crippen molar-refractivity contribution < 1.29 is 9.84 Å². The highest BCUT2D eigenvalue weighted by atomic mass is 16.5. The summed E-state index contributed by atoms with van der Waals surface area (Å²) >= 11 is 0. The van der Waals surface area contributed by atoms with Crippen LogP contribution in [0.2, 0.25) is 0 Å². The first-order chi connectivity index (χ1) is 10.8. The van der Waals surface area contributed by atoms with Crippen molar-refractivity contribution in [2.75, 3.05) is 19.7 Å². The zero-order valence-electron chi connectivity index (χ0n) is 12.9. The lowest BCUT2D eigenvalue weighted by Gasteiger charge is -2.46. The van der Waals surface area contributed by atoms with Crippen LogP contribution in [0.15, 0.2) is 30.5 Å². The number of likely N-dealkylation sites (tertiary alicyclic amines) is 1. The molecule has 4 heteroatoms. The summed E-state index contributed by atoms with van der Waals surface area (Å²) in [5.41, 5.74) is 2.28. The lowest BCUT2D eigenvalue weighted by atomic mass is 9.82. The lowest BCUT2D eigenvalue weighted by molar-refractivity contribution is -0.177. The van der Waals surface area contributed by atoms with E-state index < -0.39 is 0 Å². The van der Waals surface area contributed by atoms with E-state index in [0.717, 1.165) is 51.9 Å². The molecule has 0 radical (unpaired) electrons. The van der Waals surface area contributed by atoms with E-state index in [2.05, 4.69) is 34.1 Å². The number of aromatic amines is 1. The lowest BCUT2D eigenvalue weighted by Crippen LogP contribution is -2.55. The van der Waals surface area contributed by atoms with Gasteiger partial charge in [-0.15, -0.1) is 0 Å². The molecule has 1 aromatic heterocycles. The van der Waals surface area contributed by atoms with Crippen LogP contribution in [0.25, 0.3) is 10.9 Å². The summed E-state index contributed by atoms with van der Waals surface area (Å²) in [6.07, 6.45) is 5.48. The standard InChI is InChI=1S/C18H24N2O2/c21-17-2-1-11-22-18(17)6-9-20(10-7-18)13-14-3-4-16-15(12-14)5-8-19-16/h3-5,8,12,17,19,21H,1-2,6-7,9-11,13H2. The van der Waals surface area contributed by atoms with Crippen molar-refractivity contribution in [2.45, 2.75) is 43.9 Å². The van der Waals surface area contributed by atoms with Crippen molar-refractivity contribution >= 4 is 10.9 Å².